The molecule has 1 aliphatic heterocycles. The second-order valence-electron chi connectivity index (χ2n) is 3.48. The Morgan fingerprint density at radius 1 is 1.62 bits per heavy atom. The molecule has 0 aromatic carbocycles. The Hall–Kier alpha value is -1.63. The normalized spacial score (nSPS) is 19.9. The Morgan fingerprint density at radius 3 is 2.81 bits per heavy atom. The zero-order valence-electron chi connectivity index (χ0n) is 8.93. The lowest BCUT2D eigenvalue weighted by Gasteiger charge is -2.13. The third-order valence-electron chi connectivity index (χ3n) is 2.34. The zero-order valence-corrected chi connectivity index (χ0v) is 8.93. The van der Waals surface area contributed by atoms with E-state index in [-0.39, 0.29) is 12.3 Å². The standard InChI is InChI=1S/C9H14N2O5/c1-2-11-4-6(3-7(11)12)9(15)10-16-5-8(13)14/h6H,2-5H2,1H3,(H,10,15)(H,13,14). The number of amides is 2. The average Bonchev–Trinajstić information content (AvgIpc) is 2.59. The molecule has 0 aliphatic carbocycles. The number of carbonyl (C=O) groups is 3. The SMILES string of the molecule is CCN1CC(C(=O)NOCC(=O)O)CC1=O. The van der Waals surface area contributed by atoms with Crippen LogP contribution in [0.4, 0.5) is 0 Å². The molecule has 1 saturated heterocycles. The van der Waals surface area contributed by atoms with Crippen LogP contribution >= 0.6 is 0 Å². The number of hydrogen-bond donors (Lipinski definition) is 2. The molecule has 0 radical (unpaired) electrons. The lowest BCUT2D eigenvalue weighted by atomic mass is 10.1. The number of hydroxylamine groups is 1. The topological polar surface area (TPSA) is 95.9 Å². The minimum atomic E-state index is -1.17. The van der Waals surface area contributed by atoms with Gasteiger partial charge in [-0.1, -0.05) is 0 Å². The summed E-state index contributed by atoms with van der Waals surface area (Å²) in [6.45, 7) is 2.17. The zero-order chi connectivity index (χ0) is 12.1. The van der Waals surface area contributed by atoms with Crippen LogP contribution in [0.25, 0.3) is 0 Å². The van der Waals surface area contributed by atoms with Gasteiger partial charge in [0.25, 0.3) is 0 Å². The number of hydrogen-bond acceptors (Lipinski definition) is 4. The van der Waals surface area contributed by atoms with Crippen molar-refractivity contribution in [3.63, 3.8) is 0 Å². The van der Waals surface area contributed by atoms with Gasteiger partial charge in [0.15, 0.2) is 6.61 Å². The van der Waals surface area contributed by atoms with Gasteiger partial charge in [0.05, 0.1) is 5.92 Å². The minimum Gasteiger partial charge on any atom is -0.479 e. The van der Waals surface area contributed by atoms with Gasteiger partial charge in [-0.3, -0.25) is 14.4 Å². The van der Waals surface area contributed by atoms with Crippen molar-refractivity contribution in [3.05, 3.63) is 0 Å². The highest BCUT2D eigenvalue weighted by atomic mass is 16.7. The monoisotopic (exact) mass is 230 g/mol. The summed E-state index contributed by atoms with van der Waals surface area (Å²) >= 11 is 0. The van der Waals surface area contributed by atoms with Crippen LogP contribution in [0.5, 0.6) is 0 Å². The highest BCUT2D eigenvalue weighted by molar-refractivity contribution is 5.88. The molecule has 1 fully saturated rings. The molecule has 0 saturated carbocycles. The summed E-state index contributed by atoms with van der Waals surface area (Å²) in [7, 11) is 0. The third-order valence-corrected chi connectivity index (χ3v) is 2.34. The number of carboxylic acids is 1. The first kappa shape index (κ1) is 12.4. The number of nitrogens with zero attached hydrogens (tertiary/aromatic N) is 1. The molecule has 90 valence electrons. The number of nitrogens with one attached hydrogen (secondary N) is 1. The number of rotatable bonds is 5. The predicted molar refractivity (Wildman–Crippen MR) is 52.1 cm³/mol. The quantitative estimate of drug-likeness (QED) is 0.590. The molecule has 0 spiro atoms. The first-order valence-corrected chi connectivity index (χ1v) is 4.95. The van der Waals surface area contributed by atoms with Gasteiger partial charge in [-0.25, -0.2) is 10.3 Å². The fraction of sp³-hybridized carbons (Fsp3) is 0.667. The summed E-state index contributed by atoms with van der Waals surface area (Å²) < 4.78 is 0. The van der Waals surface area contributed by atoms with E-state index < -0.39 is 24.4 Å². The molecule has 7 heteroatoms. The fourth-order valence-corrected chi connectivity index (χ4v) is 1.51. The highest BCUT2D eigenvalue weighted by Gasteiger charge is 2.33. The van der Waals surface area contributed by atoms with E-state index in [4.69, 9.17) is 5.11 Å². The van der Waals surface area contributed by atoms with Crippen molar-refractivity contribution in [3.8, 4) is 0 Å². The molecule has 1 aliphatic rings. The Balaban J connectivity index is 2.33. The van der Waals surface area contributed by atoms with Gasteiger partial charge >= 0.3 is 5.97 Å². The van der Waals surface area contributed by atoms with Crippen LogP contribution in [0.2, 0.25) is 0 Å². The third kappa shape index (κ3) is 3.20. The summed E-state index contributed by atoms with van der Waals surface area (Å²) in [6.07, 6.45) is 0.149. The van der Waals surface area contributed by atoms with Gasteiger partial charge in [0.1, 0.15) is 0 Å². The molecule has 1 unspecified atom stereocenters. The van der Waals surface area contributed by atoms with Gasteiger partial charge in [0.2, 0.25) is 11.8 Å². The van der Waals surface area contributed by atoms with E-state index in [1.807, 2.05) is 12.4 Å². The number of likely N-dealkylation sites (tertiary alicyclic amines) is 1. The van der Waals surface area contributed by atoms with E-state index in [0.717, 1.165) is 0 Å². The van der Waals surface area contributed by atoms with E-state index in [2.05, 4.69) is 4.84 Å². The van der Waals surface area contributed by atoms with Crippen LogP contribution in [-0.4, -0.2) is 47.5 Å². The summed E-state index contributed by atoms with van der Waals surface area (Å²) in [4.78, 5) is 38.9. The first-order chi connectivity index (χ1) is 7.54. The summed E-state index contributed by atoms with van der Waals surface area (Å²) in [5.41, 5.74) is 2.02. The van der Waals surface area contributed by atoms with Crippen LogP contribution in [0, 0.1) is 5.92 Å². The molecule has 0 aromatic heterocycles. The molecule has 1 rings (SSSR count). The van der Waals surface area contributed by atoms with Crippen LogP contribution in [0.15, 0.2) is 0 Å². The summed E-state index contributed by atoms with van der Waals surface area (Å²) in [6, 6.07) is 0. The smallest absolute Gasteiger partial charge is 0.332 e. The van der Waals surface area contributed by atoms with Crippen LogP contribution in [0.1, 0.15) is 13.3 Å². The second-order valence-corrected chi connectivity index (χ2v) is 3.48. The Bertz CT molecular complexity index is 304. The maximum Gasteiger partial charge on any atom is 0.332 e. The molecular weight excluding hydrogens is 216 g/mol. The molecule has 0 bridgehead atoms. The maximum atomic E-state index is 11.4. The lowest BCUT2D eigenvalue weighted by molar-refractivity contribution is -0.150. The largest absolute Gasteiger partial charge is 0.479 e. The van der Waals surface area contributed by atoms with Gasteiger partial charge in [-0.2, -0.15) is 0 Å². The van der Waals surface area contributed by atoms with Crippen molar-refractivity contribution in [1.82, 2.24) is 10.4 Å². The van der Waals surface area contributed by atoms with Gasteiger partial charge in [-0.05, 0) is 6.92 Å². The van der Waals surface area contributed by atoms with Gasteiger partial charge in [-0.15, -0.1) is 0 Å². The van der Waals surface area contributed by atoms with Crippen LogP contribution < -0.4 is 5.48 Å². The Labute approximate surface area is 92.3 Å². The van der Waals surface area contributed by atoms with Crippen LogP contribution in [0.3, 0.4) is 0 Å². The van der Waals surface area contributed by atoms with Crippen molar-refractivity contribution in [2.24, 2.45) is 5.92 Å². The van der Waals surface area contributed by atoms with Crippen molar-refractivity contribution in [1.29, 1.82) is 0 Å². The molecule has 16 heavy (non-hydrogen) atoms. The molecule has 7 nitrogen and oxygen atoms in total. The Kier molecular flexibility index (Phi) is 4.24. The minimum absolute atomic E-state index is 0.0686. The van der Waals surface area contributed by atoms with E-state index in [1.165, 1.54) is 0 Å². The van der Waals surface area contributed by atoms with E-state index in [1.54, 1.807) is 4.90 Å². The number of aliphatic carboxylic acids is 1. The van der Waals surface area contributed by atoms with E-state index in [0.29, 0.717) is 13.1 Å². The van der Waals surface area contributed by atoms with Crippen molar-refractivity contribution in [2.45, 2.75) is 13.3 Å². The van der Waals surface area contributed by atoms with Crippen molar-refractivity contribution >= 4 is 17.8 Å². The average molecular weight is 230 g/mol. The molecule has 2 amide bonds. The van der Waals surface area contributed by atoms with Crippen LogP contribution in [-0.2, 0) is 19.2 Å². The number of carbonyl (C=O) groups excluding carboxylic acids is 2. The summed E-state index contributed by atoms with van der Waals surface area (Å²) in [5, 5.41) is 8.28. The Morgan fingerprint density at radius 2 is 2.31 bits per heavy atom. The number of carboxylic acid groups (broad SMARTS) is 1. The van der Waals surface area contributed by atoms with Crippen molar-refractivity contribution < 1.29 is 24.3 Å². The summed E-state index contributed by atoms with van der Waals surface area (Å²) in [5.74, 6) is -2.15. The maximum absolute atomic E-state index is 11.4. The second kappa shape index (κ2) is 5.45. The lowest BCUT2D eigenvalue weighted by Crippen LogP contribution is -2.34. The van der Waals surface area contributed by atoms with Gasteiger partial charge in [0, 0.05) is 19.5 Å². The van der Waals surface area contributed by atoms with E-state index in [9.17, 15) is 14.4 Å². The molecule has 1 atom stereocenters. The van der Waals surface area contributed by atoms with E-state index >= 15 is 0 Å². The molecular formula is C9H14N2O5. The van der Waals surface area contributed by atoms with Crippen molar-refractivity contribution in [2.75, 3.05) is 19.7 Å². The molecule has 0 aromatic rings. The first-order valence-electron chi connectivity index (χ1n) is 4.95. The predicted octanol–water partition coefficient (Wildman–Crippen LogP) is -1.01. The van der Waals surface area contributed by atoms with Gasteiger partial charge < -0.3 is 10.0 Å². The molecule has 1 heterocycles. The highest BCUT2D eigenvalue weighted by Crippen LogP contribution is 2.17. The fourth-order valence-electron chi connectivity index (χ4n) is 1.51. The molecule has 2 N–H and O–H groups in total.